The van der Waals surface area contributed by atoms with E-state index in [1.807, 2.05) is 12.1 Å². The predicted molar refractivity (Wildman–Crippen MR) is 105 cm³/mol. The summed E-state index contributed by atoms with van der Waals surface area (Å²) in [4.78, 5) is 18.5. The number of nitriles is 2. The molecule has 2 rings (SSSR count). The molecule has 0 atom stereocenters. The van der Waals surface area contributed by atoms with Gasteiger partial charge in [0, 0.05) is 45.8 Å². The van der Waals surface area contributed by atoms with Crippen LogP contribution in [-0.4, -0.2) is 66.4 Å². The summed E-state index contributed by atoms with van der Waals surface area (Å²) in [5.74, 6) is -0.0214. The molecule has 0 unspecified atom stereocenters. The number of halogens is 2. The van der Waals surface area contributed by atoms with Crippen molar-refractivity contribution in [1.82, 2.24) is 14.7 Å². The summed E-state index contributed by atoms with van der Waals surface area (Å²) in [6.07, 6.45) is 0.566. The second kappa shape index (κ2) is 11.1. The van der Waals surface area contributed by atoms with Gasteiger partial charge in [0.15, 0.2) is 0 Å². The Balaban J connectivity index is 1.82. The average Bonchev–Trinajstić information content (AvgIpc) is 2.67. The Morgan fingerprint density at radius 3 is 2.22 bits per heavy atom. The van der Waals surface area contributed by atoms with E-state index in [4.69, 9.17) is 33.7 Å². The van der Waals surface area contributed by atoms with Crippen LogP contribution in [0.15, 0.2) is 18.2 Å². The van der Waals surface area contributed by atoms with Crippen LogP contribution in [0.3, 0.4) is 0 Å². The summed E-state index contributed by atoms with van der Waals surface area (Å²) >= 11 is 12.3. The molecule has 1 heterocycles. The summed E-state index contributed by atoms with van der Waals surface area (Å²) in [6.45, 7) is 5.07. The SMILES string of the molecule is N#CCCN(CCC#N)C(=O)CN1CCN(Cc2cccc(Cl)c2Cl)CC1. The molecule has 1 fully saturated rings. The third-order valence-corrected chi connectivity index (χ3v) is 5.45. The zero-order valence-corrected chi connectivity index (χ0v) is 16.7. The highest BCUT2D eigenvalue weighted by Gasteiger charge is 2.22. The van der Waals surface area contributed by atoms with Gasteiger partial charge in [-0.3, -0.25) is 14.6 Å². The number of hydrogen-bond acceptors (Lipinski definition) is 5. The Kier molecular flexibility index (Phi) is 8.84. The van der Waals surface area contributed by atoms with E-state index < -0.39 is 0 Å². The lowest BCUT2D eigenvalue weighted by Gasteiger charge is -2.35. The smallest absolute Gasteiger partial charge is 0.236 e. The minimum absolute atomic E-state index is 0.0214. The largest absolute Gasteiger partial charge is 0.340 e. The molecule has 27 heavy (non-hydrogen) atoms. The average molecular weight is 408 g/mol. The fourth-order valence-electron chi connectivity index (χ4n) is 3.04. The molecule has 0 aromatic heterocycles. The molecule has 0 spiro atoms. The minimum atomic E-state index is -0.0214. The summed E-state index contributed by atoms with van der Waals surface area (Å²) in [6, 6.07) is 9.76. The molecule has 0 saturated carbocycles. The van der Waals surface area contributed by atoms with Gasteiger partial charge in [0.05, 0.1) is 41.6 Å². The van der Waals surface area contributed by atoms with E-state index in [9.17, 15) is 4.79 Å². The van der Waals surface area contributed by atoms with Crippen LogP contribution in [0.1, 0.15) is 18.4 Å². The number of carbonyl (C=O) groups excluding carboxylic acids is 1. The quantitative estimate of drug-likeness (QED) is 0.661. The van der Waals surface area contributed by atoms with Gasteiger partial charge in [0.2, 0.25) is 5.91 Å². The van der Waals surface area contributed by atoms with Crippen molar-refractivity contribution in [2.75, 3.05) is 45.8 Å². The van der Waals surface area contributed by atoms with E-state index in [0.717, 1.165) is 38.3 Å². The zero-order chi connectivity index (χ0) is 19.6. The van der Waals surface area contributed by atoms with Crippen LogP contribution in [0, 0.1) is 22.7 Å². The Hall–Kier alpha value is -1.83. The monoisotopic (exact) mass is 407 g/mol. The molecule has 1 aliphatic rings. The first kappa shape index (κ1) is 21.5. The van der Waals surface area contributed by atoms with Gasteiger partial charge in [-0.15, -0.1) is 0 Å². The van der Waals surface area contributed by atoms with Crippen molar-refractivity contribution in [3.63, 3.8) is 0 Å². The van der Waals surface area contributed by atoms with Gasteiger partial charge < -0.3 is 4.90 Å². The maximum absolute atomic E-state index is 12.5. The lowest BCUT2D eigenvalue weighted by molar-refractivity contribution is -0.132. The number of rotatable bonds is 8. The Morgan fingerprint density at radius 2 is 1.63 bits per heavy atom. The van der Waals surface area contributed by atoms with Crippen molar-refractivity contribution < 1.29 is 4.79 Å². The second-order valence-corrected chi connectivity index (χ2v) is 7.25. The van der Waals surface area contributed by atoms with Gasteiger partial charge in [-0.05, 0) is 11.6 Å². The van der Waals surface area contributed by atoms with Gasteiger partial charge >= 0.3 is 0 Å². The maximum atomic E-state index is 12.5. The van der Waals surface area contributed by atoms with Crippen LogP contribution in [-0.2, 0) is 11.3 Å². The highest BCUT2D eigenvalue weighted by Crippen LogP contribution is 2.26. The molecule has 0 aliphatic carbocycles. The van der Waals surface area contributed by atoms with Crippen LogP contribution in [0.2, 0.25) is 10.0 Å². The molecule has 1 saturated heterocycles. The first-order valence-corrected chi connectivity index (χ1v) is 9.70. The van der Waals surface area contributed by atoms with Crippen molar-refractivity contribution in [2.24, 2.45) is 0 Å². The number of carbonyl (C=O) groups is 1. The molecule has 1 aromatic rings. The normalized spacial score (nSPS) is 15.1. The fourth-order valence-corrected chi connectivity index (χ4v) is 3.42. The summed E-state index contributed by atoms with van der Waals surface area (Å²) < 4.78 is 0. The highest BCUT2D eigenvalue weighted by molar-refractivity contribution is 6.42. The van der Waals surface area contributed by atoms with Gasteiger partial charge in [-0.25, -0.2) is 0 Å². The Labute approximate surface area is 170 Å². The van der Waals surface area contributed by atoms with Gasteiger partial charge in [0.1, 0.15) is 0 Å². The first-order valence-electron chi connectivity index (χ1n) is 8.94. The lowest BCUT2D eigenvalue weighted by atomic mass is 10.2. The summed E-state index contributed by atoms with van der Waals surface area (Å²) in [7, 11) is 0. The molecular formula is C19H23Cl2N5O. The van der Waals surface area contributed by atoms with E-state index in [1.54, 1.807) is 11.0 Å². The number of piperazine rings is 1. The van der Waals surface area contributed by atoms with E-state index in [-0.39, 0.29) is 18.7 Å². The molecule has 1 aromatic carbocycles. The van der Waals surface area contributed by atoms with Crippen LogP contribution >= 0.6 is 23.2 Å². The molecule has 0 N–H and O–H groups in total. The van der Waals surface area contributed by atoms with E-state index >= 15 is 0 Å². The van der Waals surface area contributed by atoms with E-state index in [0.29, 0.717) is 29.7 Å². The van der Waals surface area contributed by atoms with Crippen molar-refractivity contribution in [1.29, 1.82) is 10.5 Å². The maximum Gasteiger partial charge on any atom is 0.236 e. The third kappa shape index (κ3) is 6.68. The Morgan fingerprint density at radius 1 is 1.04 bits per heavy atom. The molecule has 1 aliphatic heterocycles. The number of nitrogens with zero attached hydrogens (tertiary/aromatic N) is 5. The van der Waals surface area contributed by atoms with E-state index in [1.165, 1.54) is 0 Å². The second-order valence-electron chi connectivity index (χ2n) is 6.46. The molecular weight excluding hydrogens is 385 g/mol. The van der Waals surface area contributed by atoms with E-state index in [2.05, 4.69) is 21.9 Å². The van der Waals surface area contributed by atoms with Crippen LogP contribution < -0.4 is 0 Å². The topological polar surface area (TPSA) is 74.4 Å². The van der Waals surface area contributed by atoms with Crippen molar-refractivity contribution >= 4 is 29.1 Å². The third-order valence-electron chi connectivity index (χ3n) is 4.59. The van der Waals surface area contributed by atoms with Gasteiger partial charge in [-0.2, -0.15) is 10.5 Å². The van der Waals surface area contributed by atoms with Crippen LogP contribution in [0.25, 0.3) is 0 Å². The standard InChI is InChI=1S/C19H23Cl2N5O/c20-17-5-1-4-16(19(17)21)14-24-10-12-25(13-11-24)15-18(27)26(8-2-6-22)9-3-7-23/h1,4-5H,2-3,8-15H2. The van der Waals surface area contributed by atoms with Crippen LogP contribution in [0.4, 0.5) is 0 Å². The fraction of sp³-hybridized carbons (Fsp3) is 0.526. The number of amides is 1. The number of hydrogen-bond donors (Lipinski definition) is 0. The van der Waals surface area contributed by atoms with Crippen molar-refractivity contribution in [2.45, 2.75) is 19.4 Å². The molecule has 1 amide bonds. The summed E-state index contributed by atoms with van der Waals surface area (Å²) in [5.41, 5.74) is 1.01. The highest BCUT2D eigenvalue weighted by atomic mass is 35.5. The molecule has 144 valence electrons. The van der Waals surface area contributed by atoms with Gasteiger partial charge in [-0.1, -0.05) is 35.3 Å². The van der Waals surface area contributed by atoms with Crippen molar-refractivity contribution in [3.8, 4) is 12.1 Å². The molecule has 0 bridgehead atoms. The lowest BCUT2D eigenvalue weighted by Crippen LogP contribution is -2.50. The van der Waals surface area contributed by atoms with Crippen molar-refractivity contribution in [3.05, 3.63) is 33.8 Å². The molecule has 8 heteroatoms. The molecule has 0 radical (unpaired) electrons. The Bertz CT molecular complexity index is 702. The predicted octanol–water partition coefficient (Wildman–Crippen LogP) is 2.77. The van der Waals surface area contributed by atoms with Gasteiger partial charge in [0.25, 0.3) is 0 Å². The van der Waals surface area contributed by atoms with Crippen LogP contribution in [0.5, 0.6) is 0 Å². The first-order chi connectivity index (χ1) is 13.0. The summed E-state index contributed by atoms with van der Waals surface area (Å²) in [5, 5.41) is 18.7. The number of benzene rings is 1. The zero-order valence-electron chi connectivity index (χ0n) is 15.2. The minimum Gasteiger partial charge on any atom is -0.340 e. The molecule has 6 nitrogen and oxygen atoms in total.